The lowest BCUT2D eigenvalue weighted by Crippen LogP contribution is -2.13. The first-order chi connectivity index (χ1) is 8.97. The summed E-state index contributed by atoms with van der Waals surface area (Å²) in [6.07, 6.45) is 0. The van der Waals surface area contributed by atoms with Crippen molar-refractivity contribution in [1.29, 1.82) is 0 Å². The van der Waals surface area contributed by atoms with E-state index in [4.69, 9.17) is 17.3 Å². The molecule has 3 N–H and O–H groups in total. The molecular formula is C14H12BrClN2O. The van der Waals surface area contributed by atoms with Crippen LogP contribution in [-0.4, -0.2) is 5.91 Å². The zero-order valence-electron chi connectivity index (χ0n) is 10.2. The van der Waals surface area contributed by atoms with Crippen molar-refractivity contribution in [3.63, 3.8) is 0 Å². The van der Waals surface area contributed by atoms with Gasteiger partial charge in [-0.05, 0) is 64.8 Å². The third-order valence-electron chi connectivity index (χ3n) is 2.61. The molecule has 0 saturated heterocycles. The van der Waals surface area contributed by atoms with E-state index in [1.165, 1.54) is 0 Å². The number of anilines is 2. The largest absolute Gasteiger partial charge is 0.397 e. The first kappa shape index (κ1) is 13.9. The number of halogens is 2. The highest BCUT2D eigenvalue weighted by Crippen LogP contribution is 2.30. The molecule has 2 rings (SSSR count). The first-order valence-corrected chi connectivity index (χ1v) is 6.77. The minimum Gasteiger partial charge on any atom is -0.397 e. The lowest BCUT2D eigenvalue weighted by molar-refractivity contribution is 0.102. The van der Waals surface area contributed by atoms with Crippen LogP contribution in [0.1, 0.15) is 15.9 Å². The van der Waals surface area contributed by atoms with Gasteiger partial charge in [0.05, 0.1) is 11.4 Å². The molecule has 0 aromatic heterocycles. The van der Waals surface area contributed by atoms with Gasteiger partial charge in [0.15, 0.2) is 0 Å². The normalized spacial score (nSPS) is 10.3. The second-order valence-corrected chi connectivity index (χ2v) is 5.46. The zero-order chi connectivity index (χ0) is 14.0. The van der Waals surface area contributed by atoms with Crippen LogP contribution in [0.3, 0.4) is 0 Å². The summed E-state index contributed by atoms with van der Waals surface area (Å²) >= 11 is 9.18. The topological polar surface area (TPSA) is 55.1 Å². The van der Waals surface area contributed by atoms with Crippen LogP contribution in [0.4, 0.5) is 11.4 Å². The molecule has 5 heteroatoms. The van der Waals surface area contributed by atoms with Crippen molar-refractivity contribution in [1.82, 2.24) is 0 Å². The van der Waals surface area contributed by atoms with Crippen LogP contribution in [0, 0.1) is 6.92 Å². The molecule has 0 bridgehead atoms. The maximum absolute atomic E-state index is 12.1. The Kier molecular flexibility index (Phi) is 4.12. The van der Waals surface area contributed by atoms with Crippen LogP contribution in [0.5, 0.6) is 0 Å². The molecule has 0 atom stereocenters. The van der Waals surface area contributed by atoms with E-state index < -0.39 is 0 Å². The number of nitrogens with two attached hydrogens (primary N) is 1. The molecule has 3 nitrogen and oxygen atoms in total. The van der Waals surface area contributed by atoms with Crippen LogP contribution in [0.2, 0.25) is 5.02 Å². The highest BCUT2D eigenvalue weighted by Gasteiger charge is 2.11. The summed E-state index contributed by atoms with van der Waals surface area (Å²) in [6.45, 7) is 1.94. The Labute approximate surface area is 124 Å². The molecule has 1 amide bonds. The van der Waals surface area contributed by atoms with E-state index in [0.717, 1.165) is 10.0 Å². The van der Waals surface area contributed by atoms with Gasteiger partial charge in [-0.3, -0.25) is 4.79 Å². The Hall–Kier alpha value is -1.52. The van der Waals surface area contributed by atoms with Gasteiger partial charge >= 0.3 is 0 Å². The molecule has 0 spiro atoms. The SMILES string of the molecule is Cc1cc(N)c(NC(=O)c2ccc(Cl)cc2)c(Br)c1. The summed E-state index contributed by atoms with van der Waals surface area (Å²) in [5, 5.41) is 3.38. The smallest absolute Gasteiger partial charge is 0.255 e. The van der Waals surface area contributed by atoms with Crippen molar-refractivity contribution < 1.29 is 4.79 Å². The third-order valence-corrected chi connectivity index (χ3v) is 3.49. The van der Waals surface area contributed by atoms with Gasteiger partial charge in [0.25, 0.3) is 5.91 Å². The molecule has 2 aromatic carbocycles. The fourth-order valence-corrected chi connectivity index (χ4v) is 2.50. The molecule has 0 aliphatic carbocycles. The minimum absolute atomic E-state index is 0.229. The van der Waals surface area contributed by atoms with E-state index in [2.05, 4.69) is 21.2 Å². The fraction of sp³-hybridized carbons (Fsp3) is 0.0714. The molecule has 0 aliphatic heterocycles. The summed E-state index contributed by atoms with van der Waals surface area (Å²) in [7, 11) is 0. The number of hydrogen-bond donors (Lipinski definition) is 2. The number of rotatable bonds is 2. The second kappa shape index (κ2) is 5.63. The van der Waals surface area contributed by atoms with Gasteiger partial charge in [0.1, 0.15) is 0 Å². The average molecular weight is 340 g/mol. The first-order valence-electron chi connectivity index (χ1n) is 5.60. The Bertz CT molecular complexity index is 603. The molecular weight excluding hydrogens is 328 g/mol. The Balaban J connectivity index is 2.26. The fourth-order valence-electron chi connectivity index (χ4n) is 1.69. The van der Waals surface area contributed by atoms with Crippen LogP contribution in [0.15, 0.2) is 40.9 Å². The second-order valence-electron chi connectivity index (χ2n) is 4.17. The molecule has 0 radical (unpaired) electrons. The number of carbonyl (C=O) groups is 1. The maximum Gasteiger partial charge on any atom is 0.255 e. The summed E-state index contributed by atoms with van der Waals surface area (Å²) in [4.78, 5) is 12.1. The number of nitrogen functional groups attached to an aromatic ring is 1. The highest BCUT2D eigenvalue weighted by atomic mass is 79.9. The molecule has 19 heavy (non-hydrogen) atoms. The predicted octanol–water partition coefficient (Wildman–Crippen LogP) is 4.25. The maximum atomic E-state index is 12.1. The third kappa shape index (κ3) is 3.28. The van der Waals surface area contributed by atoms with Gasteiger partial charge in [-0.1, -0.05) is 11.6 Å². The van der Waals surface area contributed by atoms with E-state index in [9.17, 15) is 4.79 Å². The summed E-state index contributed by atoms with van der Waals surface area (Å²) in [5.74, 6) is -0.229. The van der Waals surface area contributed by atoms with E-state index in [-0.39, 0.29) is 5.91 Å². The van der Waals surface area contributed by atoms with Crippen molar-refractivity contribution in [2.45, 2.75) is 6.92 Å². The number of carbonyl (C=O) groups excluding carboxylic acids is 1. The van der Waals surface area contributed by atoms with Crippen LogP contribution >= 0.6 is 27.5 Å². The number of benzene rings is 2. The van der Waals surface area contributed by atoms with E-state index in [1.807, 2.05) is 19.1 Å². The number of aryl methyl sites for hydroxylation is 1. The standard InChI is InChI=1S/C14H12BrClN2O/c1-8-6-11(15)13(12(17)7-8)18-14(19)9-2-4-10(16)5-3-9/h2-7H,17H2,1H3,(H,18,19). The van der Waals surface area contributed by atoms with Crippen LogP contribution in [-0.2, 0) is 0 Å². The van der Waals surface area contributed by atoms with Crippen molar-refractivity contribution in [3.05, 3.63) is 57.0 Å². The lowest BCUT2D eigenvalue weighted by atomic mass is 10.1. The predicted molar refractivity (Wildman–Crippen MR) is 82.7 cm³/mol. The summed E-state index contributed by atoms with van der Waals surface area (Å²) in [5.41, 5.74) is 8.55. The van der Waals surface area contributed by atoms with Gasteiger partial charge in [0, 0.05) is 15.1 Å². The van der Waals surface area contributed by atoms with E-state index in [0.29, 0.717) is 22.0 Å². The van der Waals surface area contributed by atoms with E-state index >= 15 is 0 Å². The molecule has 0 fully saturated rings. The van der Waals surface area contributed by atoms with Crippen molar-refractivity contribution >= 4 is 44.8 Å². The summed E-state index contributed by atoms with van der Waals surface area (Å²) in [6, 6.07) is 10.4. The van der Waals surface area contributed by atoms with Crippen LogP contribution in [0.25, 0.3) is 0 Å². The van der Waals surface area contributed by atoms with Gasteiger partial charge < -0.3 is 11.1 Å². The number of amides is 1. The minimum atomic E-state index is -0.229. The van der Waals surface area contributed by atoms with Crippen molar-refractivity contribution in [2.75, 3.05) is 11.1 Å². The molecule has 0 saturated carbocycles. The van der Waals surface area contributed by atoms with E-state index in [1.54, 1.807) is 24.3 Å². The Morgan fingerprint density at radius 2 is 1.89 bits per heavy atom. The lowest BCUT2D eigenvalue weighted by Gasteiger charge is -2.11. The quantitative estimate of drug-likeness (QED) is 0.804. The molecule has 0 heterocycles. The molecule has 98 valence electrons. The van der Waals surface area contributed by atoms with Crippen molar-refractivity contribution in [3.8, 4) is 0 Å². The van der Waals surface area contributed by atoms with Crippen LogP contribution < -0.4 is 11.1 Å². The molecule has 0 aliphatic rings. The Morgan fingerprint density at radius 3 is 2.47 bits per heavy atom. The van der Waals surface area contributed by atoms with Gasteiger partial charge in [-0.25, -0.2) is 0 Å². The highest BCUT2D eigenvalue weighted by molar-refractivity contribution is 9.10. The average Bonchev–Trinajstić information content (AvgIpc) is 2.34. The monoisotopic (exact) mass is 338 g/mol. The summed E-state index contributed by atoms with van der Waals surface area (Å²) < 4.78 is 0.757. The Morgan fingerprint density at radius 1 is 1.26 bits per heavy atom. The number of hydrogen-bond acceptors (Lipinski definition) is 2. The number of nitrogens with one attached hydrogen (secondary N) is 1. The molecule has 2 aromatic rings. The van der Waals surface area contributed by atoms with Gasteiger partial charge in [-0.2, -0.15) is 0 Å². The zero-order valence-corrected chi connectivity index (χ0v) is 12.5. The molecule has 0 unspecified atom stereocenters. The van der Waals surface area contributed by atoms with Gasteiger partial charge in [-0.15, -0.1) is 0 Å². The van der Waals surface area contributed by atoms with Gasteiger partial charge in [0.2, 0.25) is 0 Å². The van der Waals surface area contributed by atoms with Crippen molar-refractivity contribution in [2.24, 2.45) is 0 Å².